The van der Waals surface area contributed by atoms with Crippen LogP contribution in [0, 0.1) is 0 Å². The average molecular weight is 286 g/mol. The van der Waals surface area contributed by atoms with E-state index >= 15 is 0 Å². The van der Waals surface area contributed by atoms with E-state index < -0.39 is 12.7 Å². The lowest BCUT2D eigenvalue weighted by Gasteiger charge is -2.08. The minimum Gasteiger partial charge on any atom is -0.489 e. The third-order valence-corrected chi connectivity index (χ3v) is 3.06. The van der Waals surface area contributed by atoms with E-state index in [0.717, 1.165) is 5.56 Å². The van der Waals surface area contributed by atoms with Gasteiger partial charge in [-0.1, -0.05) is 30.3 Å². The summed E-state index contributed by atoms with van der Waals surface area (Å²) in [5.41, 5.74) is 1.57. The number of benzene rings is 2. The Hall–Kier alpha value is -2.17. The fourth-order valence-corrected chi connectivity index (χ4v) is 1.87. The second kappa shape index (κ2) is 7.57. The maximum Gasteiger partial charge on any atom is 0.165 e. The highest BCUT2D eigenvalue weighted by atomic mass is 16.5. The minimum absolute atomic E-state index is 0.0826. The van der Waals surface area contributed by atoms with Crippen molar-refractivity contribution in [3.63, 3.8) is 0 Å². The summed E-state index contributed by atoms with van der Waals surface area (Å²) in [6.07, 6.45) is -1.09. The molecule has 0 fully saturated rings. The van der Waals surface area contributed by atoms with Gasteiger partial charge in [-0.15, -0.1) is 0 Å². The van der Waals surface area contributed by atoms with Crippen LogP contribution in [0.3, 0.4) is 0 Å². The van der Waals surface area contributed by atoms with Gasteiger partial charge in [0.1, 0.15) is 12.4 Å². The predicted molar refractivity (Wildman–Crippen MR) is 79.3 cm³/mol. The molecule has 2 rings (SSSR count). The summed E-state index contributed by atoms with van der Waals surface area (Å²) in [6, 6.07) is 16.6. The first-order valence-corrected chi connectivity index (χ1v) is 6.78. The normalized spacial score (nSPS) is 11.9. The molecule has 0 spiro atoms. The first kappa shape index (κ1) is 15.2. The van der Waals surface area contributed by atoms with Crippen molar-refractivity contribution < 1.29 is 19.7 Å². The van der Waals surface area contributed by atoms with Crippen molar-refractivity contribution in [2.24, 2.45) is 0 Å². The maximum absolute atomic E-state index is 11.8. The van der Waals surface area contributed by atoms with Gasteiger partial charge < -0.3 is 14.9 Å². The lowest BCUT2D eigenvalue weighted by atomic mass is 10.1. The van der Waals surface area contributed by atoms with Crippen LogP contribution in [0.25, 0.3) is 0 Å². The molecule has 2 aromatic carbocycles. The SMILES string of the molecule is O=C(CC(O)CO)c1ccc(OCc2ccccc2)cc1. The molecule has 0 aromatic heterocycles. The summed E-state index contributed by atoms with van der Waals surface area (Å²) in [4.78, 5) is 11.8. The minimum atomic E-state index is -1.01. The van der Waals surface area contributed by atoms with Gasteiger partial charge in [0.15, 0.2) is 5.78 Å². The van der Waals surface area contributed by atoms with E-state index in [2.05, 4.69) is 0 Å². The van der Waals surface area contributed by atoms with Gasteiger partial charge >= 0.3 is 0 Å². The van der Waals surface area contributed by atoms with E-state index in [1.165, 1.54) is 0 Å². The molecule has 0 bridgehead atoms. The molecule has 0 saturated heterocycles. The first-order valence-electron chi connectivity index (χ1n) is 6.78. The molecule has 0 aliphatic heterocycles. The number of carbonyl (C=O) groups excluding carboxylic acids is 1. The van der Waals surface area contributed by atoms with E-state index in [1.54, 1.807) is 24.3 Å². The summed E-state index contributed by atoms with van der Waals surface area (Å²) in [7, 11) is 0. The molecule has 4 heteroatoms. The van der Waals surface area contributed by atoms with Gasteiger partial charge in [0.2, 0.25) is 0 Å². The van der Waals surface area contributed by atoms with Crippen LogP contribution in [0.2, 0.25) is 0 Å². The van der Waals surface area contributed by atoms with Crippen molar-refractivity contribution in [1.82, 2.24) is 0 Å². The summed E-state index contributed by atoms with van der Waals surface area (Å²) in [6.45, 7) is 0.0569. The van der Waals surface area contributed by atoms with Crippen molar-refractivity contribution in [1.29, 1.82) is 0 Å². The fraction of sp³-hybridized carbons (Fsp3) is 0.235. The van der Waals surface area contributed by atoms with Gasteiger partial charge in [-0.05, 0) is 29.8 Å². The van der Waals surface area contributed by atoms with Crippen LogP contribution >= 0.6 is 0 Å². The van der Waals surface area contributed by atoms with Gasteiger partial charge in [0.05, 0.1) is 12.7 Å². The van der Waals surface area contributed by atoms with Gasteiger partial charge in [-0.2, -0.15) is 0 Å². The van der Waals surface area contributed by atoms with E-state index in [0.29, 0.717) is 17.9 Å². The lowest BCUT2D eigenvalue weighted by molar-refractivity contribution is 0.0703. The van der Waals surface area contributed by atoms with Gasteiger partial charge in [-0.25, -0.2) is 0 Å². The quantitative estimate of drug-likeness (QED) is 0.766. The number of ketones is 1. The molecule has 4 nitrogen and oxygen atoms in total. The number of hydrogen-bond donors (Lipinski definition) is 2. The molecule has 0 heterocycles. The second-order valence-corrected chi connectivity index (χ2v) is 4.76. The van der Waals surface area contributed by atoms with Crippen molar-refractivity contribution in [2.75, 3.05) is 6.61 Å². The number of aliphatic hydroxyl groups is 2. The van der Waals surface area contributed by atoms with Crippen LogP contribution in [0.15, 0.2) is 54.6 Å². The molecule has 0 aliphatic carbocycles. The number of Topliss-reactive ketones (excluding diaryl/α,β-unsaturated/α-hetero) is 1. The molecular formula is C17H18O4. The van der Waals surface area contributed by atoms with Crippen LogP contribution in [-0.4, -0.2) is 28.7 Å². The lowest BCUT2D eigenvalue weighted by Crippen LogP contribution is -2.17. The standard InChI is InChI=1S/C17H18O4/c18-11-15(19)10-17(20)14-6-8-16(9-7-14)21-12-13-4-2-1-3-5-13/h1-9,15,18-19H,10-12H2. The second-order valence-electron chi connectivity index (χ2n) is 4.76. The Bertz CT molecular complexity index is 563. The summed E-state index contributed by atoms with van der Waals surface area (Å²) in [5.74, 6) is 0.476. The molecule has 2 aromatic rings. The topological polar surface area (TPSA) is 66.8 Å². The van der Waals surface area contributed by atoms with Gasteiger partial charge in [-0.3, -0.25) is 4.79 Å². The number of ether oxygens (including phenoxy) is 1. The van der Waals surface area contributed by atoms with E-state index in [9.17, 15) is 9.90 Å². The third-order valence-electron chi connectivity index (χ3n) is 3.06. The molecule has 0 radical (unpaired) electrons. The largest absolute Gasteiger partial charge is 0.489 e. The zero-order valence-corrected chi connectivity index (χ0v) is 11.6. The highest BCUT2D eigenvalue weighted by Crippen LogP contribution is 2.15. The predicted octanol–water partition coefficient (Wildman–Crippen LogP) is 2.19. The monoisotopic (exact) mass is 286 g/mol. The Morgan fingerprint density at radius 3 is 2.33 bits per heavy atom. The van der Waals surface area contributed by atoms with Crippen molar-refractivity contribution in [3.8, 4) is 5.75 Å². The van der Waals surface area contributed by atoms with Crippen molar-refractivity contribution in [2.45, 2.75) is 19.1 Å². The van der Waals surface area contributed by atoms with Gasteiger partial charge in [0, 0.05) is 12.0 Å². The van der Waals surface area contributed by atoms with Crippen molar-refractivity contribution in [3.05, 3.63) is 65.7 Å². The Kier molecular flexibility index (Phi) is 5.49. The van der Waals surface area contributed by atoms with Crippen LogP contribution in [0.1, 0.15) is 22.3 Å². The zero-order valence-electron chi connectivity index (χ0n) is 11.6. The molecule has 1 unspecified atom stereocenters. The van der Waals surface area contributed by atoms with Crippen LogP contribution in [-0.2, 0) is 6.61 Å². The molecule has 0 amide bonds. The van der Waals surface area contributed by atoms with E-state index in [1.807, 2.05) is 30.3 Å². The molecule has 0 saturated carbocycles. The fourth-order valence-electron chi connectivity index (χ4n) is 1.87. The third kappa shape index (κ3) is 4.70. The summed E-state index contributed by atoms with van der Waals surface area (Å²) >= 11 is 0. The molecular weight excluding hydrogens is 268 g/mol. The number of hydrogen-bond acceptors (Lipinski definition) is 4. The molecule has 110 valence electrons. The van der Waals surface area contributed by atoms with E-state index in [-0.39, 0.29) is 12.2 Å². The van der Waals surface area contributed by atoms with E-state index in [4.69, 9.17) is 9.84 Å². The van der Waals surface area contributed by atoms with Crippen molar-refractivity contribution >= 4 is 5.78 Å². The molecule has 0 aliphatic rings. The van der Waals surface area contributed by atoms with Crippen LogP contribution < -0.4 is 4.74 Å². The summed E-state index contributed by atoms with van der Waals surface area (Å²) in [5, 5.41) is 18.0. The van der Waals surface area contributed by atoms with Gasteiger partial charge in [0.25, 0.3) is 0 Å². The number of rotatable bonds is 7. The Morgan fingerprint density at radius 2 is 1.71 bits per heavy atom. The summed E-state index contributed by atoms with van der Waals surface area (Å²) < 4.78 is 5.63. The average Bonchev–Trinajstić information content (AvgIpc) is 2.54. The highest BCUT2D eigenvalue weighted by Gasteiger charge is 2.11. The number of carbonyl (C=O) groups is 1. The molecule has 21 heavy (non-hydrogen) atoms. The Labute approximate surface area is 123 Å². The Balaban J connectivity index is 1.91. The molecule has 2 N–H and O–H groups in total. The maximum atomic E-state index is 11.8. The zero-order chi connectivity index (χ0) is 15.1. The Morgan fingerprint density at radius 1 is 1.05 bits per heavy atom. The number of aliphatic hydroxyl groups excluding tert-OH is 2. The first-order chi connectivity index (χ1) is 10.2. The smallest absolute Gasteiger partial charge is 0.165 e. The van der Waals surface area contributed by atoms with Crippen LogP contribution in [0.4, 0.5) is 0 Å². The van der Waals surface area contributed by atoms with Crippen LogP contribution in [0.5, 0.6) is 5.75 Å². The molecule has 1 atom stereocenters. The highest BCUT2D eigenvalue weighted by molar-refractivity contribution is 5.96.